The Labute approximate surface area is 88.6 Å². The van der Waals surface area contributed by atoms with Gasteiger partial charge >= 0.3 is 6.09 Å². The van der Waals surface area contributed by atoms with E-state index >= 15 is 0 Å². The van der Waals surface area contributed by atoms with Gasteiger partial charge in [-0.05, 0) is 6.92 Å². The maximum absolute atomic E-state index is 11.3. The van der Waals surface area contributed by atoms with Crippen molar-refractivity contribution in [1.82, 2.24) is 4.90 Å². The molecular weight excluding hydrogens is 198 g/mol. The maximum atomic E-state index is 11.3. The van der Waals surface area contributed by atoms with Crippen molar-refractivity contribution in [2.75, 3.05) is 13.7 Å². The molecule has 0 saturated carbocycles. The lowest BCUT2D eigenvalue weighted by Crippen LogP contribution is -2.44. The second-order valence-electron chi connectivity index (χ2n) is 3.26. The summed E-state index contributed by atoms with van der Waals surface area (Å²) in [4.78, 5) is 23.6. The van der Waals surface area contributed by atoms with E-state index in [1.165, 1.54) is 14.0 Å². The van der Waals surface area contributed by atoms with Crippen LogP contribution in [0.1, 0.15) is 13.8 Å². The van der Waals surface area contributed by atoms with Crippen molar-refractivity contribution in [3.05, 3.63) is 12.2 Å². The first-order valence-electron chi connectivity index (χ1n) is 4.74. The lowest BCUT2D eigenvalue weighted by atomic mass is 10.1. The van der Waals surface area contributed by atoms with Gasteiger partial charge in [0.2, 0.25) is 5.91 Å². The highest BCUT2D eigenvalue weighted by Gasteiger charge is 2.40. The van der Waals surface area contributed by atoms with Crippen LogP contribution in [-0.4, -0.2) is 42.8 Å². The van der Waals surface area contributed by atoms with E-state index in [1.54, 1.807) is 6.08 Å². The first-order valence-corrected chi connectivity index (χ1v) is 4.74. The normalized spacial score (nSPS) is 23.3. The van der Waals surface area contributed by atoms with Crippen molar-refractivity contribution in [2.45, 2.75) is 26.0 Å². The topological polar surface area (TPSA) is 55.8 Å². The van der Waals surface area contributed by atoms with Gasteiger partial charge in [-0.25, -0.2) is 9.69 Å². The molecule has 0 aromatic heterocycles. The summed E-state index contributed by atoms with van der Waals surface area (Å²) in [6, 6.07) is -0.365. The first kappa shape index (κ1) is 11.7. The van der Waals surface area contributed by atoms with Gasteiger partial charge in [-0.3, -0.25) is 4.79 Å². The highest BCUT2D eigenvalue weighted by molar-refractivity contribution is 5.92. The van der Waals surface area contributed by atoms with Gasteiger partial charge < -0.3 is 9.47 Å². The summed E-state index contributed by atoms with van der Waals surface area (Å²) >= 11 is 0. The number of rotatable bonds is 3. The van der Waals surface area contributed by atoms with Crippen LogP contribution in [0.15, 0.2) is 12.2 Å². The number of ether oxygens (including phenoxy) is 2. The van der Waals surface area contributed by atoms with E-state index in [2.05, 4.69) is 0 Å². The molecule has 1 aliphatic rings. The lowest BCUT2D eigenvalue weighted by Gasteiger charge is -2.23. The molecule has 84 valence electrons. The van der Waals surface area contributed by atoms with Gasteiger partial charge in [-0.15, -0.1) is 0 Å². The average molecular weight is 213 g/mol. The zero-order valence-corrected chi connectivity index (χ0v) is 9.10. The standard InChI is InChI=1S/C10H15NO4/c1-4-5-9(14-3)8-6-15-10(13)11(8)7(2)12/h4-5,8-9H,6H2,1-3H3/b5-4+/t8-,9-/m0/s1. The molecule has 5 heteroatoms. The van der Waals surface area contributed by atoms with Gasteiger partial charge in [0, 0.05) is 14.0 Å². The number of amides is 2. The summed E-state index contributed by atoms with van der Waals surface area (Å²) in [6.07, 6.45) is 2.70. The molecule has 0 aromatic carbocycles. The third-order valence-corrected chi connectivity index (χ3v) is 2.28. The Bertz CT molecular complexity index is 287. The van der Waals surface area contributed by atoms with E-state index in [0.717, 1.165) is 4.90 Å². The Balaban J connectivity index is 2.84. The third-order valence-electron chi connectivity index (χ3n) is 2.28. The van der Waals surface area contributed by atoms with Crippen LogP contribution in [0.3, 0.4) is 0 Å². The molecule has 1 fully saturated rings. The molecule has 0 spiro atoms. The number of hydrogen-bond donors (Lipinski definition) is 0. The van der Waals surface area contributed by atoms with Crippen LogP contribution in [-0.2, 0) is 14.3 Å². The predicted octanol–water partition coefficient (Wildman–Crippen LogP) is 0.945. The smallest absolute Gasteiger partial charge is 0.417 e. The summed E-state index contributed by atoms with van der Waals surface area (Å²) in [6.45, 7) is 3.37. The van der Waals surface area contributed by atoms with E-state index in [4.69, 9.17) is 9.47 Å². The minimum atomic E-state index is -0.598. The van der Waals surface area contributed by atoms with Crippen molar-refractivity contribution < 1.29 is 19.1 Å². The van der Waals surface area contributed by atoms with Crippen LogP contribution in [0, 0.1) is 0 Å². The number of carbonyl (C=O) groups excluding carboxylic acids is 2. The molecule has 5 nitrogen and oxygen atoms in total. The van der Waals surface area contributed by atoms with Crippen molar-refractivity contribution in [1.29, 1.82) is 0 Å². The number of carbonyl (C=O) groups is 2. The Morgan fingerprint density at radius 3 is 2.87 bits per heavy atom. The van der Waals surface area contributed by atoms with E-state index in [-0.39, 0.29) is 24.7 Å². The molecule has 0 N–H and O–H groups in total. The Morgan fingerprint density at radius 2 is 2.40 bits per heavy atom. The summed E-state index contributed by atoms with van der Waals surface area (Å²) in [7, 11) is 1.53. The molecule has 15 heavy (non-hydrogen) atoms. The van der Waals surface area contributed by atoms with Crippen LogP contribution >= 0.6 is 0 Å². The molecule has 0 radical (unpaired) electrons. The Morgan fingerprint density at radius 1 is 1.73 bits per heavy atom. The fourth-order valence-electron chi connectivity index (χ4n) is 1.59. The van der Waals surface area contributed by atoms with Crippen molar-refractivity contribution in [3.63, 3.8) is 0 Å². The zero-order chi connectivity index (χ0) is 11.4. The van der Waals surface area contributed by atoms with E-state index < -0.39 is 6.09 Å². The highest BCUT2D eigenvalue weighted by atomic mass is 16.6. The molecule has 2 atom stereocenters. The minimum Gasteiger partial charge on any atom is -0.447 e. The number of cyclic esters (lactones) is 1. The number of nitrogens with zero attached hydrogens (tertiary/aromatic N) is 1. The Hall–Kier alpha value is -1.36. The van der Waals surface area contributed by atoms with Gasteiger partial charge in [0.05, 0.1) is 6.10 Å². The van der Waals surface area contributed by atoms with Crippen LogP contribution in [0.25, 0.3) is 0 Å². The average Bonchev–Trinajstić information content (AvgIpc) is 2.56. The number of allylic oxidation sites excluding steroid dienone is 1. The molecular formula is C10H15NO4. The highest BCUT2D eigenvalue weighted by Crippen LogP contribution is 2.18. The fraction of sp³-hybridized carbons (Fsp3) is 0.600. The fourth-order valence-corrected chi connectivity index (χ4v) is 1.59. The van der Waals surface area contributed by atoms with Crippen LogP contribution in [0.2, 0.25) is 0 Å². The SMILES string of the molecule is C/C=C/[C@H](OC)[C@@H]1COC(=O)N1C(C)=O. The Kier molecular flexibility index (Phi) is 3.85. The summed E-state index contributed by atoms with van der Waals surface area (Å²) in [5.41, 5.74) is 0. The van der Waals surface area contributed by atoms with Gasteiger partial charge in [-0.1, -0.05) is 12.2 Å². The summed E-state index contributed by atoms with van der Waals surface area (Å²) in [5, 5.41) is 0. The minimum absolute atomic E-state index is 0.182. The van der Waals surface area contributed by atoms with Gasteiger partial charge in [0.25, 0.3) is 0 Å². The lowest BCUT2D eigenvalue weighted by molar-refractivity contribution is -0.128. The number of hydrogen-bond acceptors (Lipinski definition) is 4. The third kappa shape index (κ3) is 2.36. The summed E-state index contributed by atoms with van der Waals surface area (Å²) in [5.74, 6) is -0.325. The molecule has 0 aromatic rings. The quantitative estimate of drug-likeness (QED) is 0.655. The number of methoxy groups -OCH3 is 1. The molecule has 1 saturated heterocycles. The van der Waals surface area contributed by atoms with E-state index in [9.17, 15) is 9.59 Å². The second kappa shape index (κ2) is 4.93. The molecule has 1 aliphatic heterocycles. The van der Waals surface area contributed by atoms with Crippen LogP contribution in [0.5, 0.6) is 0 Å². The molecule has 1 rings (SSSR count). The van der Waals surface area contributed by atoms with Crippen molar-refractivity contribution in [3.8, 4) is 0 Å². The van der Waals surface area contributed by atoms with Crippen molar-refractivity contribution in [2.24, 2.45) is 0 Å². The largest absolute Gasteiger partial charge is 0.447 e. The first-order chi connectivity index (χ1) is 7.11. The molecule has 0 unspecified atom stereocenters. The van der Waals surface area contributed by atoms with Gasteiger partial charge in [0.15, 0.2) is 0 Å². The molecule has 2 amide bonds. The van der Waals surface area contributed by atoms with Crippen LogP contribution < -0.4 is 0 Å². The monoisotopic (exact) mass is 213 g/mol. The molecule has 0 aliphatic carbocycles. The van der Waals surface area contributed by atoms with Gasteiger partial charge in [-0.2, -0.15) is 0 Å². The van der Waals surface area contributed by atoms with E-state index in [1.807, 2.05) is 13.0 Å². The van der Waals surface area contributed by atoms with Crippen molar-refractivity contribution >= 4 is 12.0 Å². The predicted molar refractivity (Wildman–Crippen MR) is 53.3 cm³/mol. The van der Waals surface area contributed by atoms with E-state index in [0.29, 0.717) is 0 Å². The van der Waals surface area contributed by atoms with Crippen LogP contribution in [0.4, 0.5) is 4.79 Å². The summed E-state index contributed by atoms with van der Waals surface area (Å²) < 4.78 is 10.0. The zero-order valence-electron chi connectivity index (χ0n) is 9.10. The number of imide groups is 1. The second-order valence-corrected chi connectivity index (χ2v) is 3.26. The maximum Gasteiger partial charge on any atom is 0.417 e. The molecule has 0 bridgehead atoms. The molecule has 1 heterocycles. The van der Waals surface area contributed by atoms with Gasteiger partial charge in [0.1, 0.15) is 12.6 Å².